The maximum Gasteiger partial charge on any atom is 0.205 e. The van der Waals surface area contributed by atoms with Crippen LogP contribution in [0.4, 0.5) is 5.69 Å². The Morgan fingerprint density at radius 2 is 1.86 bits per heavy atom. The molecule has 0 aromatic heterocycles. The first-order chi connectivity index (χ1) is 10.6. The van der Waals surface area contributed by atoms with E-state index in [2.05, 4.69) is 6.07 Å². The van der Waals surface area contributed by atoms with Gasteiger partial charge in [0.15, 0.2) is 0 Å². The standard InChI is InChI=1S/C17H15N3OS/c1-22-12-5-2-10(3-6-12)16-13-7-4-11(19)8-15(13)21-17(20)14(16)9-18/h2-8,16H,19-20H2,1H3/t16-/m1/s1. The number of nitriles is 1. The first kappa shape index (κ1) is 14.4. The number of hydrogen-bond donors (Lipinski definition) is 2. The van der Waals surface area contributed by atoms with E-state index in [-0.39, 0.29) is 11.8 Å². The van der Waals surface area contributed by atoms with Gasteiger partial charge in [0.05, 0.1) is 5.92 Å². The van der Waals surface area contributed by atoms with Crippen LogP contribution in [-0.2, 0) is 0 Å². The third-order valence-corrected chi connectivity index (χ3v) is 4.44. The Balaban J connectivity index is 2.16. The van der Waals surface area contributed by atoms with E-state index >= 15 is 0 Å². The smallest absolute Gasteiger partial charge is 0.205 e. The molecule has 3 rings (SSSR count). The Morgan fingerprint density at radius 1 is 1.14 bits per heavy atom. The second-order valence-corrected chi connectivity index (χ2v) is 5.87. The molecule has 0 unspecified atom stereocenters. The normalized spacial score (nSPS) is 16.6. The van der Waals surface area contributed by atoms with E-state index < -0.39 is 0 Å². The van der Waals surface area contributed by atoms with E-state index in [4.69, 9.17) is 16.2 Å². The Labute approximate surface area is 133 Å². The van der Waals surface area contributed by atoms with Crippen molar-refractivity contribution in [2.75, 3.05) is 12.0 Å². The lowest BCUT2D eigenvalue weighted by atomic mass is 9.83. The topological polar surface area (TPSA) is 85.1 Å². The number of ether oxygens (including phenoxy) is 1. The van der Waals surface area contributed by atoms with E-state index in [1.54, 1.807) is 17.8 Å². The van der Waals surface area contributed by atoms with Gasteiger partial charge in [0.1, 0.15) is 17.4 Å². The predicted molar refractivity (Wildman–Crippen MR) is 88.4 cm³/mol. The van der Waals surface area contributed by atoms with Gasteiger partial charge in [-0.05, 0) is 30.0 Å². The molecule has 2 aromatic rings. The summed E-state index contributed by atoms with van der Waals surface area (Å²) in [6.45, 7) is 0. The molecular weight excluding hydrogens is 294 g/mol. The van der Waals surface area contributed by atoms with Crippen molar-refractivity contribution in [2.45, 2.75) is 10.8 Å². The highest BCUT2D eigenvalue weighted by atomic mass is 32.2. The summed E-state index contributed by atoms with van der Waals surface area (Å²) in [5, 5.41) is 9.48. The first-order valence-electron chi connectivity index (χ1n) is 6.75. The summed E-state index contributed by atoms with van der Waals surface area (Å²) in [6, 6.07) is 15.7. The number of nitrogens with zero attached hydrogens (tertiary/aromatic N) is 1. The maximum atomic E-state index is 9.48. The number of rotatable bonds is 2. The van der Waals surface area contributed by atoms with Gasteiger partial charge in [0.25, 0.3) is 0 Å². The van der Waals surface area contributed by atoms with Gasteiger partial charge < -0.3 is 16.2 Å². The maximum absolute atomic E-state index is 9.48. The minimum Gasteiger partial charge on any atom is -0.440 e. The highest BCUT2D eigenvalue weighted by Crippen LogP contribution is 2.42. The lowest BCUT2D eigenvalue weighted by Gasteiger charge is -2.26. The summed E-state index contributed by atoms with van der Waals surface area (Å²) in [5.74, 6) is 0.514. The van der Waals surface area contributed by atoms with E-state index in [1.165, 1.54) is 4.90 Å². The lowest BCUT2D eigenvalue weighted by Crippen LogP contribution is -2.21. The average Bonchev–Trinajstić information content (AvgIpc) is 2.53. The van der Waals surface area contributed by atoms with Crippen LogP contribution in [0.1, 0.15) is 17.0 Å². The molecule has 2 aromatic carbocycles. The number of allylic oxidation sites excluding steroid dienone is 1. The zero-order valence-corrected chi connectivity index (χ0v) is 12.9. The van der Waals surface area contributed by atoms with Gasteiger partial charge in [-0.15, -0.1) is 11.8 Å². The quantitative estimate of drug-likeness (QED) is 0.657. The number of fused-ring (bicyclic) bond motifs is 1. The first-order valence-corrected chi connectivity index (χ1v) is 7.97. The summed E-state index contributed by atoms with van der Waals surface area (Å²) in [7, 11) is 0. The van der Waals surface area contributed by atoms with Crippen molar-refractivity contribution < 1.29 is 4.74 Å². The molecule has 22 heavy (non-hydrogen) atoms. The van der Waals surface area contributed by atoms with Gasteiger partial charge in [-0.2, -0.15) is 5.26 Å². The van der Waals surface area contributed by atoms with Crippen molar-refractivity contribution in [3.63, 3.8) is 0 Å². The molecule has 0 amide bonds. The molecule has 0 saturated heterocycles. The fourth-order valence-corrected chi connectivity index (χ4v) is 3.02. The highest BCUT2D eigenvalue weighted by molar-refractivity contribution is 7.98. The number of benzene rings is 2. The molecule has 1 aliphatic rings. The molecule has 110 valence electrons. The van der Waals surface area contributed by atoms with Gasteiger partial charge in [-0.1, -0.05) is 18.2 Å². The Morgan fingerprint density at radius 3 is 2.50 bits per heavy atom. The molecule has 0 aliphatic carbocycles. The summed E-state index contributed by atoms with van der Waals surface area (Å²) in [5.41, 5.74) is 14.7. The number of hydrogen-bond acceptors (Lipinski definition) is 5. The molecule has 1 atom stereocenters. The molecule has 0 bridgehead atoms. The van der Waals surface area contributed by atoms with Gasteiger partial charge in [0, 0.05) is 22.2 Å². The fourth-order valence-electron chi connectivity index (χ4n) is 2.61. The Hall–Kier alpha value is -2.58. The lowest BCUT2D eigenvalue weighted by molar-refractivity contribution is 0.394. The average molecular weight is 309 g/mol. The molecule has 0 saturated carbocycles. The molecule has 1 heterocycles. The predicted octanol–water partition coefficient (Wildman–Crippen LogP) is 3.21. The zero-order valence-electron chi connectivity index (χ0n) is 12.0. The summed E-state index contributed by atoms with van der Waals surface area (Å²) < 4.78 is 5.56. The number of nitrogens with two attached hydrogens (primary N) is 2. The van der Waals surface area contributed by atoms with Crippen molar-refractivity contribution in [2.24, 2.45) is 5.73 Å². The number of anilines is 1. The highest BCUT2D eigenvalue weighted by Gasteiger charge is 2.30. The van der Waals surface area contributed by atoms with Crippen molar-refractivity contribution in [3.8, 4) is 11.8 Å². The van der Waals surface area contributed by atoms with Crippen LogP contribution >= 0.6 is 11.8 Å². The molecule has 4 nitrogen and oxygen atoms in total. The van der Waals surface area contributed by atoms with Crippen LogP contribution in [0.25, 0.3) is 0 Å². The van der Waals surface area contributed by atoms with Gasteiger partial charge in [0.2, 0.25) is 5.88 Å². The molecule has 0 fully saturated rings. The third kappa shape index (κ3) is 2.38. The summed E-state index contributed by atoms with van der Waals surface area (Å²) in [4.78, 5) is 1.17. The van der Waals surface area contributed by atoms with Crippen LogP contribution in [-0.4, -0.2) is 6.26 Å². The van der Waals surface area contributed by atoms with Crippen LogP contribution in [0.2, 0.25) is 0 Å². The van der Waals surface area contributed by atoms with E-state index in [1.807, 2.05) is 42.7 Å². The van der Waals surface area contributed by atoms with Crippen LogP contribution < -0.4 is 16.2 Å². The molecule has 5 heteroatoms. The second-order valence-electron chi connectivity index (χ2n) is 5.00. The molecule has 4 N–H and O–H groups in total. The van der Waals surface area contributed by atoms with E-state index in [9.17, 15) is 5.26 Å². The van der Waals surface area contributed by atoms with Crippen LogP contribution in [0.15, 0.2) is 58.8 Å². The summed E-state index contributed by atoms with van der Waals surface area (Å²) in [6.07, 6.45) is 2.03. The Bertz CT molecular complexity index is 791. The number of nitrogen functional groups attached to an aromatic ring is 1. The van der Waals surface area contributed by atoms with Crippen LogP contribution in [0.5, 0.6) is 5.75 Å². The van der Waals surface area contributed by atoms with Gasteiger partial charge in [-0.25, -0.2) is 0 Å². The largest absolute Gasteiger partial charge is 0.440 e. The number of thioether (sulfide) groups is 1. The van der Waals surface area contributed by atoms with E-state index in [0.29, 0.717) is 17.0 Å². The van der Waals surface area contributed by atoms with Crippen molar-refractivity contribution in [1.82, 2.24) is 0 Å². The molecule has 1 aliphatic heterocycles. The molecule has 0 radical (unpaired) electrons. The van der Waals surface area contributed by atoms with Crippen molar-refractivity contribution >= 4 is 17.4 Å². The Kier molecular flexibility index (Phi) is 3.70. The minimum atomic E-state index is -0.231. The monoisotopic (exact) mass is 309 g/mol. The second kappa shape index (κ2) is 5.66. The molecular formula is C17H15N3OS. The SMILES string of the molecule is CSc1ccc([C@H]2C(C#N)=C(N)Oc3cc(N)ccc32)cc1. The van der Waals surface area contributed by atoms with Crippen LogP contribution in [0.3, 0.4) is 0 Å². The van der Waals surface area contributed by atoms with Crippen LogP contribution in [0, 0.1) is 11.3 Å². The fraction of sp³-hybridized carbons (Fsp3) is 0.118. The third-order valence-electron chi connectivity index (χ3n) is 3.69. The zero-order chi connectivity index (χ0) is 15.7. The minimum absolute atomic E-state index is 0.138. The van der Waals surface area contributed by atoms with Gasteiger partial charge >= 0.3 is 0 Å². The molecule has 0 spiro atoms. The van der Waals surface area contributed by atoms with Gasteiger partial charge in [-0.3, -0.25) is 0 Å². The van der Waals surface area contributed by atoms with E-state index in [0.717, 1.165) is 11.1 Å². The van der Waals surface area contributed by atoms with Crippen molar-refractivity contribution in [3.05, 3.63) is 65.0 Å². The van der Waals surface area contributed by atoms with Crippen molar-refractivity contribution in [1.29, 1.82) is 5.26 Å². The summed E-state index contributed by atoms with van der Waals surface area (Å²) >= 11 is 1.68.